The molecule has 21 heavy (non-hydrogen) atoms. The van der Waals surface area contributed by atoms with Crippen molar-refractivity contribution < 1.29 is 9.50 Å². The third kappa shape index (κ3) is 2.92. The van der Waals surface area contributed by atoms with E-state index in [1.165, 1.54) is 25.7 Å². The molecule has 2 N–H and O–H groups in total. The summed E-state index contributed by atoms with van der Waals surface area (Å²) in [6, 6.07) is 3.89. The second-order valence-electron chi connectivity index (χ2n) is 6.41. The summed E-state index contributed by atoms with van der Waals surface area (Å²) in [5.41, 5.74) is 1.30. The third-order valence-electron chi connectivity index (χ3n) is 5.05. The standard InChI is InChI=1S/C17H25FN2O/c1-12-6-7-14(17(21)15(12)18)16(13-4-2-3-5-13)20-10-8-19-9-11-20/h6-7,13,16,19,21H,2-5,8-11H2,1H3/t16-/m0/s1. The van der Waals surface area contributed by atoms with Crippen LogP contribution in [-0.2, 0) is 0 Å². The van der Waals surface area contributed by atoms with Crippen molar-refractivity contribution in [3.8, 4) is 5.75 Å². The van der Waals surface area contributed by atoms with Gasteiger partial charge in [0, 0.05) is 37.8 Å². The lowest BCUT2D eigenvalue weighted by Gasteiger charge is -2.39. The van der Waals surface area contributed by atoms with Crippen molar-refractivity contribution in [1.82, 2.24) is 10.2 Å². The molecule has 1 heterocycles. The molecule has 1 saturated carbocycles. The molecule has 1 aliphatic carbocycles. The van der Waals surface area contributed by atoms with Gasteiger partial charge in [0.2, 0.25) is 0 Å². The first-order valence-corrected chi connectivity index (χ1v) is 8.11. The van der Waals surface area contributed by atoms with E-state index in [1.807, 2.05) is 6.07 Å². The van der Waals surface area contributed by atoms with Crippen LogP contribution in [0.25, 0.3) is 0 Å². The maximum Gasteiger partial charge on any atom is 0.168 e. The highest BCUT2D eigenvalue weighted by Gasteiger charge is 2.34. The smallest absolute Gasteiger partial charge is 0.168 e. The molecule has 2 aliphatic rings. The Kier molecular flexibility index (Phi) is 4.45. The molecule has 4 heteroatoms. The minimum absolute atomic E-state index is 0.134. The number of halogens is 1. The molecular weight excluding hydrogens is 267 g/mol. The zero-order valence-corrected chi connectivity index (χ0v) is 12.7. The first-order valence-electron chi connectivity index (χ1n) is 8.11. The van der Waals surface area contributed by atoms with Crippen molar-refractivity contribution in [3.05, 3.63) is 29.1 Å². The molecule has 0 bridgehead atoms. The molecule has 1 aromatic carbocycles. The van der Waals surface area contributed by atoms with Crippen LogP contribution in [-0.4, -0.2) is 36.2 Å². The quantitative estimate of drug-likeness (QED) is 0.899. The lowest BCUT2D eigenvalue weighted by Crippen LogP contribution is -2.46. The van der Waals surface area contributed by atoms with Crippen molar-refractivity contribution >= 4 is 0 Å². The number of rotatable bonds is 3. The van der Waals surface area contributed by atoms with Crippen LogP contribution in [0, 0.1) is 18.7 Å². The number of nitrogens with one attached hydrogen (secondary N) is 1. The monoisotopic (exact) mass is 292 g/mol. The zero-order chi connectivity index (χ0) is 14.8. The second-order valence-corrected chi connectivity index (χ2v) is 6.41. The van der Waals surface area contributed by atoms with Gasteiger partial charge in [-0.1, -0.05) is 25.0 Å². The largest absolute Gasteiger partial charge is 0.505 e. The van der Waals surface area contributed by atoms with Crippen LogP contribution in [0.3, 0.4) is 0 Å². The average Bonchev–Trinajstić information content (AvgIpc) is 3.03. The van der Waals surface area contributed by atoms with Crippen LogP contribution < -0.4 is 5.32 Å². The Balaban J connectivity index is 1.96. The maximum atomic E-state index is 14.1. The summed E-state index contributed by atoms with van der Waals surface area (Å²) in [6.45, 7) is 5.58. The van der Waals surface area contributed by atoms with Gasteiger partial charge in [0.05, 0.1) is 0 Å². The molecule has 0 amide bonds. The van der Waals surface area contributed by atoms with Gasteiger partial charge in [0.1, 0.15) is 0 Å². The molecule has 1 saturated heterocycles. The average molecular weight is 292 g/mol. The molecule has 1 aliphatic heterocycles. The van der Waals surface area contributed by atoms with Gasteiger partial charge >= 0.3 is 0 Å². The highest BCUT2D eigenvalue weighted by atomic mass is 19.1. The van der Waals surface area contributed by atoms with E-state index in [2.05, 4.69) is 10.2 Å². The molecule has 0 radical (unpaired) electrons. The molecule has 3 rings (SSSR count). The van der Waals surface area contributed by atoms with Crippen LogP contribution in [0.4, 0.5) is 4.39 Å². The predicted octanol–water partition coefficient (Wildman–Crippen LogP) is 2.98. The highest BCUT2D eigenvalue weighted by molar-refractivity contribution is 5.40. The first kappa shape index (κ1) is 14.8. The van der Waals surface area contributed by atoms with Gasteiger partial charge in [0.25, 0.3) is 0 Å². The molecule has 0 aromatic heterocycles. The Labute approximate surface area is 126 Å². The van der Waals surface area contributed by atoms with Gasteiger partial charge in [-0.05, 0) is 31.2 Å². The Bertz CT molecular complexity index is 494. The van der Waals surface area contributed by atoms with E-state index in [0.29, 0.717) is 11.5 Å². The number of benzene rings is 1. The van der Waals surface area contributed by atoms with Gasteiger partial charge in [0.15, 0.2) is 11.6 Å². The molecule has 1 aromatic rings. The Morgan fingerprint density at radius 2 is 1.90 bits per heavy atom. The predicted molar refractivity (Wildman–Crippen MR) is 81.9 cm³/mol. The topological polar surface area (TPSA) is 35.5 Å². The van der Waals surface area contributed by atoms with Crippen molar-refractivity contribution in [3.63, 3.8) is 0 Å². The van der Waals surface area contributed by atoms with E-state index in [9.17, 15) is 9.50 Å². The number of nitrogens with zero attached hydrogens (tertiary/aromatic N) is 1. The summed E-state index contributed by atoms with van der Waals surface area (Å²) in [6.07, 6.45) is 4.87. The van der Waals surface area contributed by atoms with Gasteiger partial charge < -0.3 is 10.4 Å². The summed E-state index contributed by atoms with van der Waals surface area (Å²) in [4.78, 5) is 2.43. The lowest BCUT2D eigenvalue weighted by molar-refractivity contribution is 0.123. The van der Waals surface area contributed by atoms with Crippen molar-refractivity contribution in [2.45, 2.75) is 38.6 Å². The van der Waals surface area contributed by atoms with Crippen LogP contribution >= 0.6 is 0 Å². The van der Waals surface area contributed by atoms with Crippen LogP contribution in [0.2, 0.25) is 0 Å². The fraction of sp³-hybridized carbons (Fsp3) is 0.647. The van der Waals surface area contributed by atoms with Crippen molar-refractivity contribution in [1.29, 1.82) is 0 Å². The Morgan fingerprint density at radius 1 is 1.24 bits per heavy atom. The summed E-state index contributed by atoms with van der Waals surface area (Å²) in [7, 11) is 0. The fourth-order valence-electron chi connectivity index (χ4n) is 3.90. The molecule has 116 valence electrons. The van der Waals surface area contributed by atoms with E-state index in [0.717, 1.165) is 31.7 Å². The minimum atomic E-state index is -0.453. The van der Waals surface area contributed by atoms with E-state index in [-0.39, 0.29) is 11.8 Å². The maximum absolute atomic E-state index is 14.1. The van der Waals surface area contributed by atoms with Crippen LogP contribution in [0.1, 0.15) is 42.9 Å². The van der Waals surface area contributed by atoms with E-state index in [1.54, 1.807) is 13.0 Å². The lowest BCUT2D eigenvalue weighted by atomic mass is 9.88. The molecule has 0 unspecified atom stereocenters. The molecule has 1 atom stereocenters. The molecule has 2 fully saturated rings. The molecular formula is C17H25FN2O. The minimum Gasteiger partial charge on any atom is -0.505 e. The number of hydrogen-bond donors (Lipinski definition) is 2. The Hall–Kier alpha value is -1.13. The number of hydrogen-bond acceptors (Lipinski definition) is 3. The first-order chi connectivity index (χ1) is 10.2. The number of piperazine rings is 1. The summed E-state index contributed by atoms with van der Waals surface area (Å²) in [5, 5.41) is 13.7. The van der Waals surface area contributed by atoms with E-state index < -0.39 is 5.82 Å². The summed E-state index contributed by atoms with van der Waals surface area (Å²) in [5.74, 6) is -0.0489. The van der Waals surface area contributed by atoms with E-state index in [4.69, 9.17) is 0 Å². The number of aryl methyl sites for hydroxylation is 1. The highest BCUT2D eigenvalue weighted by Crippen LogP contribution is 2.43. The normalized spacial score (nSPS) is 22.6. The molecule has 3 nitrogen and oxygen atoms in total. The van der Waals surface area contributed by atoms with Gasteiger partial charge in [-0.3, -0.25) is 4.90 Å². The van der Waals surface area contributed by atoms with Gasteiger partial charge in [-0.2, -0.15) is 0 Å². The van der Waals surface area contributed by atoms with Crippen molar-refractivity contribution in [2.24, 2.45) is 5.92 Å². The number of phenols is 1. The van der Waals surface area contributed by atoms with Crippen molar-refractivity contribution in [2.75, 3.05) is 26.2 Å². The zero-order valence-electron chi connectivity index (χ0n) is 12.7. The fourth-order valence-corrected chi connectivity index (χ4v) is 3.90. The van der Waals surface area contributed by atoms with Crippen LogP contribution in [0.15, 0.2) is 12.1 Å². The Morgan fingerprint density at radius 3 is 2.57 bits per heavy atom. The van der Waals surface area contributed by atoms with Gasteiger partial charge in [-0.15, -0.1) is 0 Å². The van der Waals surface area contributed by atoms with Gasteiger partial charge in [-0.25, -0.2) is 4.39 Å². The summed E-state index contributed by atoms with van der Waals surface area (Å²) < 4.78 is 14.1. The summed E-state index contributed by atoms with van der Waals surface area (Å²) >= 11 is 0. The SMILES string of the molecule is Cc1ccc([C@H](C2CCCC2)N2CCNCC2)c(O)c1F. The third-order valence-corrected chi connectivity index (χ3v) is 5.05. The van der Waals surface area contributed by atoms with E-state index >= 15 is 0 Å². The molecule has 0 spiro atoms. The number of phenolic OH excluding ortho intramolecular Hbond substituents is 1. The van der Waals surface area contributed by atoms with Crippen LogP contribution in [0.5, 0.6) is 5.75 Å². The number of aromatic hydroxyl groups is 1. The second kappa shape index (κ2) is 6.32.